The van der Waals surface area contributed by atoms with Crippen LogP contribution in [0.3, 0.4) is 0 Å². The molecular formula is C19H27N3O2. The maximum atomic E-state index is 12.9. The molecule has 1 fully saturated rings. The molecule has 2 atom stereocenters. The van der Waals surface area contributed by atoms with Crippen molar-refractivity contribution < 1.29 is 9.53 Å². The third-order valence-corrected chi connectivity index (χ3v) is 5.61. The van der Waals surface area contributed by atoms with Gasteiger partial charge < -0.3 is 14.6 Å². The van der Waals surface area contributed by atoms with Crippen molar-refractivity contribution in [2.75, 3.05) is 20.7 Å². The molecule has 24 heavy (non-hydrogen) atoms. The molecule has 1 aliphatic heterocycles. The Kier molecular flexibility index (Phi) is 4.54. The van der Waals surface area contributed by atoms with Crippen LogP contribution in [0, 0.1) is 6.92 Å². The number of ether oxygens (including phenoxy) is 1. The Balaban J connectivity index is 1.85. The monoisotopic (exact) mass is 329 g/mol. The lowest BCUT2D eigenvalue weighted by Gasteiger charge is -2.23. The highest BCUT2D eigenvalue weighted by Gasteiger charge is 2.28. The Morgan fingerprint density at radius 2 is 2.08 bits per heavy atom. The van der Waals surface area contributed by atoms with E-state index in [4.69, 9.17) is 4.74 Å². The average Bonchev–Trinajstić information content (AvgIpc) is 3.03. The van der Waals surface area contributed by atoms with Crippen LogP contribution in [-0.4, -0.2) is 48.2 Å². The molecule has 5 heteroatoms. The van der Waals surface area contributed by atoms with E-state index in [0.717, 1.165) is 34.3 Å². The molecular weight excluding hydrogens is 302 g/mol. The zero-order valence-corrected chi connectivity index (χ0v) is 15.2. The predicted octanol–water partition coefficient (Wildman–Crippen LogP) is 2.71. The smallest absolute Gasteiger partial charge is 0.253 e. The first-order valence-corrected chi connectivity index (χ1v) is 8.57. The standard InChI is InChI=1S/C19H27N3O2/c1-12-6-7-14(21(12)3)11-20-19(23)18-13(2)22(4)17-9-8-15(24-5)10-16(17)18/h8-10,12,14H,6-7,11H2,1-5H3,(H,20,23)/t12-,14-/m0/s1. The first-order chi connectivity index (χ1) is 11.4. The van der Waals surface area contributed by atoms with E-state index in [1.807, 2.05) is 32.2 Å². The zero-order chi connectivity index (χ0) is 17.4. The molecule has 1 aromatic heterocycles. The number of likely N-dealkylation sites (tertiary alicyclic amines) is 1. The predicted molar refractivity (Wildman–Crippen MR) is 96.8 cm³/mol. The van der Waals surface area contributed by atoms with E-state index in [1.165, 1.54) is 6.42 Å². The summed E-state index contributed by atoms with van der Waals surface area (Å²) in [4.78, 5) is 15.2. The average molecular weight is 329 g/mol. The first kappa shape index (κ1) is 16.8. The third-order valence-electron chi connectivity index (χ3n) is 5.61. The molecule has 0 aliphatic carbocycles. The summed E-state index contributed by atoms with van der Waals surface area (Å²) in [5.41, 5.74) is 2.77. The van der Waals surface area contributed by atoms with E-state index in [9.17, 15) is 4.79 Å². The number of amides is 1. The third kappa shape index (κ3) is 2.77. The molecule has 0 saturated carbocycles. The molecule has 0 bridgehead atoms. The minimum absolute atomic E-state index is 0.000642. The van der Waals surface area contributed by atoms with Crippen LogP contribution in [0.15, 0.2) is 18.2 Å². The number of aryl methyl sites for hydroxylation is 1. The van der Waals surface area contributed by atoms with Gasteiger partial charge in [0, 0.05) is 42.3 Å². The van der Waals surface area contributed by atoms with E-state index in [0.29, 0.717) is 18.6 Å². The van der Waals surface area contributed by atoms with Crippen LogP contribution in [0.1, 0.15) is 35.8 Å². The summed E-state index contributed by atoms with van der Waals surface area (Å²) in [5.74, 6) is 0.769. The summed E-state index contributed by atoms with van der Waals surface area (Å²) in [6.45, 7) is 4.92. The fourth-order valence-electron chi connectivity index (χ4n) is 3.71. The molecule has 2 aromatic rings. The van der Waals surface area contributed by atoms with Crippen LogP contribution in [0.5, 0.6) is 5.75 Å². The van der Waals surface area contributed by atoms with E-state index in [2.05, 4.69) is 28.8 Å². The lowest BCUT2D eigenvalue weighted by molar-refractivity contribution is 0.0942. The lowest BCUT2D eigenvalue weighted by atomic mass is 10.1. The largest absolute Gasteiger partial charge is 0.497 e. The van der Waals surface area contributed by atoms with Crippen LogP contribution >= 0.6 is 0 Å². The molecule has 130 valence electrons. The molecule has 5 nitrogen and oxygen atoms in total. The van der Waals surface area contributed by atoms with Gasteiger partial charge in [-0.2, -0.15) is 0 Å². The van der Waals surface area contributed by atoms with Crippen molar-refractivity contribution in [2.24, 2.45) is 7.05 Å². The molecule has 1 aliphatic rings. The minimum Gasteiger partial charge on any atom is -0.497 e. The van der Waals surface area contributed by atoms with E-state index in [1.54, 1.807) is 7.11 Å². The molecule has 1 N–H and O–H groups in total. The van der Waals surface area contributed by atoms with Crippen molar-refractivity contribution in [1.29, 1.82) is 0 Å². The van der Waals surface area contributed by atoms with Gasteiger partial charge in [-0.3, -0.25) is 9.69 Å². The van der Waals surface area contributed by atoms with Gasteiger partial charge in [-0.05, 0) is 51.9 Å². The summed E-state index contributed by atoms with van der Waals surface area (Å²) < 4.78 is 7.39. The summed E-state index contributed by atoms with van der Waals surface area (Å²) >= 11 is 0. The molecule has 2 heterocycles. The number of hydrogen-bond donors (Lipinski definition) is 1. The zero-order valence-electron chi connectivity index (χ0n) is 15.2. The van der Waals surface area contributed by atoms with Gasteiger partial charge >= 0.3 is 0 Å². The normalized spacial score (nSPS) is 21.4. The molecule has 0 radical (unpaired) electrons. The van der Waals surface area contributed by atoms with Gasteiger partial charge in [-0.25, -0.2) is 0 Å². The van der Waals surface area contributed by atoms with Crippen molar-refractivity contribution in [1.82, 2.24) is 14.8 Å². The van der Waals surface area contributed by atoms with Gasteiger partial charge in [0.05, 0.1) is 12.7 Å². The number of carbonyl (C=O) groups is 1. The maximum absolute atomic E-state index is 12.9. The summed E-state index contributed by atoms with van der Waals surface area (Å²) in [6, 6.07) is 6.90. The van der Waals surface area contributed by atoms with Crippen molar-refractivity contribution in [3.8, 4) is 5.75 Å². The van der Waals surface area contributed by atoms with Crippen molar-refractivity contribution in [3.63, 3.8) is 0 Å². The number of benzene rings is 1. The van der Waals surface area contributed by atoms with Crippen LogP contribution in [0.4, 0.5) is 0 Å². The molecule has 0 spiro atoms. The van der Waals surface area contributed by atoms with Gasteiger partial charge in [0.25, 0.3) is 5.91 Å². The van der Waals surface area contributed by atoms with Gasteiger partial charge in [-0.15, -0.1) is 0 Å². The Morgan fingerprint density at radius 1 is 1.33 bits per heavy atom. The van der Waals surface area contributed by atoms with E-state index < -0.39 is 0 Å². The second-order valence-corrected chi connectivity index (χ2v) is 6.86. The number of fused-ring (bicyclic) bond motifs is 1. The number of carbonyl (C=O) groups excluding carboxylic acids is 1. The molecule has 1 amide bonds. The van der Waals surface area contributed by atoms with Crippen LogP contribution < -0.4 is 10.1 Å². The number of methoxy groups -OCH3 is 1. The van der Waals surface area contributed by atoms with Gasteiger partial charge in [0.2, 0.25) is 0 Å². The van der Waals surface area contributed by atoms with Gasteiger partial charge in [-0.1, -0.05) is 0 Å². The molecule has 0 unspecified atom stereocenters. The maximum Gasteiger partial charge on any atom is 0.253 e. The van der Waals surface area contributed by atoms with E-state index >= 15 is 0 Å². The number of nitrogens with one attached hydrogen (secondary N) is 1. The van der Waals surface area contributed by atoms with Crippen LogP contribution in [0.2, 0.25) is 0 Å². The Morgan fingerprint density at radius 3 is 2.71 bits per heavy atom. The quantitative estimate of drug-likeness (QED) is 0.938. The number of aromatic nitrogens is 1. The summed E-state index contributed by atoms with van der Waals surface area (Å²) in [7, 11) is 5.78. The topological polar surface area (TPSA) is 46.5 Å². The van der Waals surface area contributed by atoms with Crippen molar-refractivity contribution in [2.45, 2.75) is 38.8 Å². The SMILES string of the molecule is COc1ccc2c(c1)c(C(=O)NC[C@@H]1CC[C@H](C)N1C)c(C)n2C. The Labute approximate surface area is 143 Å². The first-order valence-electron chi connectivity index (χ1n) is 8.57. The Bertz CT molecular complexity index is 766. The highest BCUT2D eigenvalue weighted by atomic mass is 16.5. The van der Waals surface area contributed by atoms with Gasteiger partial charge in [0.1, 0.15) is 5.75 Å². The fraction of sp³-hybridized carbons (Fsp3) is 0.526. The van der Waals surface area contributed by atoms with Crippen molar-refractivity contribution >= 4 is 16.8 Å². The fourth-order valence-corrected chi connectivity index (χ4v) is 3.71. The second-order valence-electron chi connectivity index (χ2n) is 6.86. The Hall–Kier alpha value is -2.01. The summed E-state index contributed by atoms with van der Waals surface area (Å²) in [5, 5.41) is 4.09. The highest BCUT2D eigenvalue weighted by molar-refractivity contribution is 6.08. The molecule has 1 saturated heterocycles. The van der Waals surface area contributed by atoms with Crippen molar-refractivity contribution in [3.05, 3.63) is 29.5 Å². The van der Waals surface area contributed by atoms with Gasteiger partial charge in [0.15, 0.2) is 0 Å². The number of likely N-dealkylation sites (N-methyl/N-ethyl adjacent to an activating group) is 1. The molecule has 3 rings (SSSR count). The number of nitrogens with zero attached hydrogens (tertiary/aromatic N) is 2. The summed E-state index contributed by atoms with van der Waals surface area (Å²) in [6.07, 6.45) is 2.34. The highest BCUT2D eigenvalue weighted by Crippen LogP contribution is 2.29. The number of rotatable bonds is 4. The van der Waals surface area contributed by atoms with E-state index in [-0.39, 0.29) is 5.91 Å². The van der Waals surface area contributed by atoms with Crippen LogP contribution in [0.25, 0.3) is 10.9 Å². The second kappa shape index (κ2) is 6.48. The lowest BCUT2D eigenvalue weighted by Crippen LogP contribution is -2.40. The minimum atomic E-state index is -0.000642. The molecule has 1 aromatic carbocycles. The van der Waals surface area contributed by atoms with Crippen LogP contribution in [-0.2, 0) is 7.05 Å². The number of hydrogen-bond acceptors (Lipinski definition) is 3.